The number of allylic oxidation sites excluding steroid dienone is 3. The van der Waals surface area contributed by atoms with Crippen LogP contribution in [0.3, 0.4) is 0 Å². The van der Waals surface area contributed by atoms with Gasteiger partial charge in [0.25, 0.3) is 0 Å². The predicted octanol–water partition coefficient (Wildman–Crippen LogP) is 4.43. The number of hydrogen-bond donors (Lipinski definition) is 1. The quantitative estimate of drug-likeness (QED) is 0.287. The maximum Gasteiger partial charge on any atom is 0.131 e. The first kappa shape index (κ1) is 18.8. The second-order valence-electron chi connectivity index (χ2n) is 5.53. The second-order valence-corrected chi connectivity index (χ2v) is 6.30. The largest absolute Gasteiger partial charge is 0.287 e. The summed E-state index contributed by atoms with van der Waals surface area (Å²) in [6.45, 7) is 8.18. The molecule has 0 aliphatic carbocycles. The van der Waals surface area contributed by atoms with Crippen LogP contribution in [0.25, 0.3) is 11.3 Å². The van der Waals surface area contributed by atoms with Gasteiger partial charge in [-0.1, -0.05) is 36.4 Å². The molecule has 8 heteroatoms. The van der Waals surface area contributed by atoms with Crippen molar-refractivity contribution in [2.24, 2.45) is 5.84 Å². The van der Waals surface area contributed by atoms with Crippen LogP contribution in [0.2, 0.25) is 10.3 Å². The SMILES string of the molecule is C=C(/C=C\N(N)c1ccnc(Cl)c1)C(=C)c1ccnn1-c1ccnc(Cl)c1. The predicted molar refractivity (Wildman–Crippen MR) is 110 cm³/mol. The molecule has 0 fully saturated rings. The third-order valence-corrected chi connectivity index (χ3v) is 4.15. The lowest BCUT2D eigenvalue weighted by Crippen LogP contribution is -2.24. The Morgan fingerprint density at radius 3 is 2.44 bits per heavy atom. The molecule has 0 spiro atoms. The minimum atomic E-state index is 0.361. The Kier molecular flexibility index (Phi) is 5.71. The van der Waals surface area contributed by atoms with Crippen molar-refractivity contribution >= 4 is 34.5 Å². The number of pyridine rings is 2. The summed E-state index contributed by atoms with van der Waals surface area (Å²) in [5.74, 6) is 6.02. The van der Waals surface area contributed by atoms with Gasteiger partial charge in [0, 0.05) is 30.7 Å². The van der Waals surface area contributed by atoms with Crippen molar-refractivity contribution in [3.8, 4) is 5.69 Å². The fourth-order valence-corrected chi connectivity index (χ4v) is 2.67. The van der Waals surface area contributed by atoms with Gasteiger partial charge in [-0.15, -0.1) is 0 Å². The Balaban J connectivity index is 1.79. The number of hydrogen-bond acceptors (Lipinski definition) is 5. The van der Waals surface area contributed by atoms with Crippen molar-refractivity contribution in [2.45, 2.75) is 0 Å². The molecule has 3 heterocycles. The molecule has 0 aliphatic heterocycles. The average molecular weight is 399 g/mol. The summed E-state index contributed by atoms with van der Waals surface area (Å²) in [5.41, 5.74) is 3.62. The van der Waals surface area contributed by atoms with E-state index < -0.39 is 0 Å². The molecular weight excluding hydrogens is 383 g/mol. The van der Waals surface area contributed by atoms with Gasteiger partial charge in [-0.25, -0.2) is 20.5 Å². The Morgan fingerprint density at radius 1 is 1.04 bits per heavy atom. The van der Waals surface area contributed by atoms with Crippen LogP contribution in [-0.2, 0) is 0 Å². The maximum absolute atomic E-state index is 6.02. The van der Waals surface area contributed by atoms with Gasteiger partial charge in [-0.2, -0.15) is 5.10 Å². The van der Waals surface area contributed by atoms with E-state index in [-0.39, 0.29) is 0 Å². The lowest BCUT2D eigenvalue weighted by molar-refractivity contribution is 0.865. The van der Waals surface area contributed by atoms with Gasteiger partial charge < -0.3 is 0 Å². The summed E-state index contributed by atoms with van der Waals surface area (Å²) < 4.78 is 1.72. The van der Waals surface area contributed by atoms with E-state index in [1.54, 1.807) is 53.7 Å². The highest BCUT2D eigenvalue weighted by atomic mass is 35.5. The number of anilines is 1. The summed E-state index contributed by atoms with van der Waals surface area (Å²) in [6.07, 6.45) is 8.31. The van der Waals surface area contributed by atoms with Crippen LogP contribution < -0.4 is 10.9 Å². The molecule has 0 radical (unpaired) electrons. The first-order chi connectivity index (χ1) is 13.0. The van der Waals surface area contributed by atoms with Crippen molar-refractivity contribution < 1.29 is 0 Å². The van der Waals surface area contributed by atoms with E-state index in [2.05, 4.69) is 28.2 Å². The minimum absolute atomic E-state index is 0.361. The van der Waals surface area contributed by atoms with Gasteiger partial charge in [0.2, 0.25) is 0 Å². The lowest BCUT2D eigenvalue weighted by atomic mass is 10.1. The van der Waals surface area contributed by atoms with E-state index in [4.69, 9.17) is 29.0 Å². The summed E-state index contributed by atoms with van der Waals surface area (Å²) >= 11 is 11.9. The summed E-state index contributed by atoms with van der Waals surface area (Å²) in [5, 5.41) is 6.50. The lowest BCUT2D eigenvalue weighted by Gasteiger charge is -2.14. The van der Waals surface area contributed by atoms with Crippen molar-refractivity contribution in [1.29, 1.82) is 0 Å². The monoisotopic (exact) mass is 398 g/mol. The van der Waals surface area contributed by atoms with Gasteiger partial charge >= 0.3 is 0 Å². The second kappa shape index (κ2) is 8.18. The molecule has 0 bridgehead atoms. The van der Waals surface area contributed by atoms with Gasteiger partial charge in [0.15, 0.2) is 0 Å². The zero-order valence-electron chi connectivity index (χ0n) is 14.3. The molecule has 3 aromatic rings. The van der Waals surface area contributed by atoms with Crippen LogP contribution in [-0.4, -0.2) is 19.7 Å². The van der Waals surface area contributed by atoms with Gasteiger partial charge in [0.05, 0.1) is 23.3 Å². The van der Waals surface area contributed by atoms with E-state index in [9.17, 15) is 0 Å². The van der Waals surface area contributed by atoms with E-state index in [0.717, 1.165) is 11.4 Å². The topological polar surface area (TPSA) is 72.9 Å². The van der Waals surface area contributed by atoms with Crippen LogP contribution in [0.1, 0.15) is 5.69 Å². The normalized spacial score (nSPS) is 10.9. The number of halogens is 2. The Morgan fingerprint density at radius 2 is 1.74 bits per heavy atom. The van der Waals surface area contributed by atoms with Gasteiger partial charge in [-0.05, 0) is 35.4 Å². The summed E-state index contributed by atoms with van der Waals surface area (Å²) in [6, 6.07) is 8.78. The standard InChI is InChI=1S/C19H16Cl2N6/c1-13(6-10-26(22)15-3-7-23-18(20)11-15)14(2)17-5-9-25-27(17)16-4-8-24-19(21)12-16/h3-12H,1-2,22H2/b10-6-. The van der Waals surface area contributed by atoms with Crippen LogP contribution in [0.4, 0.5) is 5.69 Å². The highest BCUT2D eigenvalue weighted by molar-refractivity contribution is 6.29. The molecule has 0 aromatic carbocycles. The number of rotatable bonds is 6. The first-order valence-electron chi connectivity index (χ1n) is 7.84. The van der Waals surface area contributed by atoms with Crippen molar-refractivity contribution in [3.63, 3.8) is 0 Å². The zero-order valence-corrected chi connectivity index (χ0v) is 15.8. The Hall–Kier alpha value is -2.93. The number of hydrazine groups is 1. The zero-order chi connectivity index (χ0) is 19.4. The molecule has 0 aliphatic rings. The number of nitrogens with zero attached hydrogens (tertiary/aromatic N) is 5. The fourth-order valence-electron chi connectivity index (χ4n) is 2.34. The number of aromatic nitrogens is 4. The molecule has 3 aromatic heterocycles. The molecule has 3 rings (SSSR count). The molecule has 2 N–H and O–H groups in total. The van der Waals surface area contributed by atoms with Crippen molar-refractivity contribution in [1.82, 2.24) is 19.7 Å². The van der Waals surface area contributed by atoms with E-state index in [0.29, 0.717) is 27.1 Å². The molecule has 0 amide bonds. The van der Waals surface area contributed by atoms with E-state index >= 15 is 0 Å². The third kappa shape index (κ3) is 4.43. The smallest absolute Gasteiger partial charge is 0.131 e. The highest BCUT2D eigenvalue weighted by Gasteiger charge is 2.10. The Labute approximate surface area is 166 Å². The molecule has 27 heavy (non-hydrogen) atoms. The molecule has 0 atom stereocenters. The van der Waals surface area contributed by atoms with Gasteiger partial charge in [-0.3, -0.25) is 5.01 Å². The van der Waals surface area contributed by atoms with Crippen molar-refractivity contribution in [2.75, 3.05) is 5.01 Å². The molecule has 0 saturated carbocycles. The summed E-state index contributed by atoms with van der Waals surface area (Å²) in [7, 11) is 0. The van der Waals surface area contributed by atoms with E-state index in [1.807, 2.05) is 12.1 Å². The Bertz CT molecular complexity index is 1020. The van der Waals surface area contributed by atoms with E-state index in [1.165, 1.54) is 5.01 Å². The van der Waals surface area contributed by atoms with Crippen molar-refractivity contribution in [3.05, 3.63) is 95.9 Å². The maximum atomic E-state index is 6.02. The van der Waals surface area contributed by atoms with Crippen LogP contribution in [0.15, 0.2) is 79.9 Å². The fraction of sp³-hybridized carbons (Fsp3) is 0. The molecular formula is C19H16Cl2N6. The third-order valence-electron chi connectivity index (χ3n) is 3.74. The van der Waals surface area contributed by atoms with Crippen LogP contribution >= 0.6 is 23.2 Å². The molecule has 0 unspecified atom stereocenters. The number of nitrogens with two attached hydrogens (primary N) is 1. The first-order valence-corrected chi connectivity index (χ1v) is 8.59. The summed E-state index contributed by atoms with van der Waals surface area (Å²) in [4.78, 5) is 7.91. The average Bonchev–Trinajstić information content (AvgIpc) is 3.15. The van der Waals surface area contributed by atoms with Gasteiger partial charge in [0.1, 0.15) is 10.3 Å². The minimum Gasteiger partial charge on any atom is -0.287 e. The molecule has 136 valence electrons. The highest BCUT2D eigenvalue weighted by Crippen LogP contribution is 2.24. The molecule has 6 nitrogen and oxygen atoms in total. The molecule has 0 saturated heterocycles. The van der Waals surface area contributed by atoms with Crippen LogP contribution in [0, 0.1) is 0 Å². The van der Waals surface area contributed by atoms with Crippen LogP contribution in [0.5, 0.6) is 0 Å².